The zero-order valence-electron chi connectivity index (χ0n) is 25.2. The van der Waals surface area contributed by atoms with Crippen LogP contribution >= 0.6 is 0 Å². The van der Waals surface area contributed by atoms with Crippen molar-refractivity contribution in [2.75, 3.05) is 0 Å². The van der Waals surface area contributed by atoms with Gasteiger partial charge in [-0.15, -0.1) is 0 Å². The van der Waals surface area contributed by atoms with Gasteiger partial charge in [0.15, 0.2) is 0 Å². The summed E-state index contributed by atoms with van der Waals surface area (Å²) in [5.41, 5.74) is 0. The molecule has 0 saturated carbocycles. The molecule has 0 fully saturated rings. The van der Waals surface area contributed by atoms with Crippen LogP contribution in [0.4, 0.5) is 0 Å². The predicted octanol–water partition coefficient (Wildman–Crippen LogP) is 11.8. The molecule has 0 radical (unpaired) electrons. The van der Waals surface area contributed by atoms with E-state index >= 15 is 0 Å². The van der Waals surface area contributed by atoms with Gasteiger partial charge < -0.3 is 0 Å². The summed E-state index contributed by atoms with van der Waals surface area (Å²) in [5.74, 6) is 0.320. The molecule has 0 aliphatic rings. The first-order chi connectivity index (χ1) is 18.2. The van der Waals surface area contributed by atoms with E-state index in [1.54, 1.807) is 0 Å². The Morgan fingerprint density at radius 2 is 0.730 bits per heavy atom. The molecular formula is C35H64O2. The number of ketones is 2. The molecule has 0 N–H and O–H groups in total. The summed E-state index contributed by atoms with van der Waals surface area (Å²) in [6, 6.07) is 0. The molecule has 0 saturated heterocycles. The standard InChI is InChI=1S/C35H64O2/c1-3-5-7-9-11-13-15-17-18-20-22-24-26-28-30-32-35(37)33-34(36)31-29-27-25-23-21-19-16-14-12-10-8-6-4-2/h11,13,17-18H,3-10,12,14-16,19-33H2,1-2H3. The Hall–Kier alpha value is -1.18. The van der Waals surface area contributed by atoms with Crippen molar-refractivity contribution >= 4 is 11.6 Å². The van der Waals surface area contributed by atoms with Gasteiger partial charge in [-0.2, -0.15) is 0 Å². The van der Waals surface area contributed by atoms with Crippen LogP contribution in [0, 0.1) is 0 Å². The maximum Gasteiger partial charge on any atom is 0.140 e. The van der Waals surface area contributed by atoms with Crippen LogP contribution < -0.4 is 0 Å². The Balaban J connectivity index is 3.37. The van der Waals surface area contributed by atoms with E-state index in [1.807, 2.05) is 0 Å². The van der Waals surface area contributed by atoms with Crippen LogP contribution in [0.3, 0.4) is 0 Å². The van der Waals surface area contributed by atoms with Gasteiger partial charge in [-0.3, -0.25) is 9.59 Å². The second-order valence-electron chi connectivity index (χ2n) is 11.2. The fraction of sp³-hybridized carbons (Fsp3) is 0.829. The van der Waals surface area contributed by atoms with Gasteiger partial charge in [0.25, 0.3) is 0 Å². The van der Waals surface area contributed by atoms with E-state index < -0.39 is 0 Å². The molecular weight excluding hydrogens is 452 g/mol. The van der Waals surface area contributed by atoms with E-state index in [2.05, 4.69) is 38.2 Å². The summed E-state index contributed by atoms with van der Waals surface area (Å²) in [5, 5.41) is 0. The number of hydrogen-bond acceptors (Lipinski definition) is 2. The molecule has 2 nitrogen and oxygen atoms in total. The van der Waals surface area contributed by atoms with E-state index in [4.69, 9.17) is 0 Å². The quantitative estimate of drug-likeness (QED) is 0.0540. The van der Waals surface area contributed by atoms with E-state index in [1.165, 1.54) is 116 Å². The molecule has 0 aliphatic heterocycles. The highest BCUT2D eigenvalue weighted by Gasteiger charge is 2.09. The lowest BCUT2D eigenvalue weighted by molar-refractivity contribution is -0.127. The number of carbonyl (C=O) groups is 2. The van der Waals surface area contributed by atoms with Crippen LogP contribution in [0.15, 0.2) is 24.3 Å². The average Bonchev–Trinajstić information content (AvgIpc) is 2.89. The summed E-state index contributed by atoms with van der Waals surface area (Å²) in [6.45, 7) is 4.52. The van der Waals surface area contributed by atoms with E-state index in [0.717, 1.165) is 38.5 Å². The summed E-state index contributed by atoms with van der Waals surface area (Å²) in [4.78, 5) is 24.2. The maximum absolute atomic E-state index is 12.1. The fourth-order valence-corrected chi connectivity index (χ4v) is 4.87. The number of unbranched alkanes of at least 4 members (excludes halogenated alkanes) is 20. The first-order valence-electron chi connectivity index (χ1n) is 16.5. The van der Waals surface area contributed by atoms with E-state index in [9.17, 15) is 9.59 Å². The average molecular weight is 517 g/mol. The summed E-state index contributed by atoms with van der Waals surface area (Å²) >= 11 is 0. The number of allylic oxidation sites excluding steroid dienone is 4. The van der Waals surface area contributed by atoms with Crippen molar-refractivity contribution in [3.63, 3.8) is 0 Å². The monoisotopic (exact) mass is 516 g/mol. The molecule has 2 heteroatoms. The zero-order chi connectivity index (χ0) is 27.1. The maximum atomic E-state index is 12.1. The topological polar surface area (TPSA) is 34.1 Å². The molecule has 0 atom stereocenters. The minimum atomic E-state index is 0.158. The van der Waals surface area contributed by atoms with Gasteiger partial charge in [-0.05, 0) is 44.9 Å². The largest absolute Gasteiger partial charge is 0.299 e. The van der Waals surface area contributed by atoms with Crippen molar-refractivity contribution < 1.29 is 9.59 Å². The van der Waals surface area contributed by atoms with Gasteiger partial charge in [-0.25, -0.2) is 0 Å². The Morgan fingerprint density at radius 3 is 1.16 bits per heavy atom. The second kappa shape index (κ2) is 31.0. The summed E-state index contributed by atoms with van der Waals surface area (Å²) < 4.78 is 0. The summed E-state index contributed by atoms with van der Waals surface area (Å²) in [6.07, 6.45) is 40.8. The Bertz CT molecular complexity index is 545. The van der Waals surface area contributed by atoms with Crippen molar-refractivity contribution in [2.24, 2.45) is 0 Å². The number of rotatable bonds is 30. The molecule has 0 amide bonds. The van der Waals surface area contributed by atoms with Crippen LogP contribution in [0.25, 0.3) is 0 Å². The van der Waals surface area contributed by atoms with E-state index in [-0.39, 0.29) is 18.0 Å². The molecule has 0 aromatic heterocycles. The van der Waals surface area contributed by atoms with Crippen molar-refractivity contribution in [1.29, 1.82) is 0 Å². The predicted molar refractivity (Wildman–Crippen MR) is 164 cm³/mol. The van der Waals surface area contributed by atoms with Crippen LogP contribution in [0.5, 0.6) is 0 Å². The Morgan fingerprint density at radius 1 is 0.405 bits per heavy atom. The molecule has 0 unspecified atom stereocenters. The van der Waals surface area contributed by atoms with Crippen LogP contribution in [0.2, 0.25) is 0 Å². The summed E-state index contributed by atoms with van der Waals surface area (Å²) in [7, 11) is 0. The lowest BCUT2D eigenvalue weighted by atomic mass is 10.0. The highest BCUT2D eigenvalue weighted by molar-refractivity contribution is 5.98. The third-order valence-corrected chi connectivity index (χ3v) is 7.36. The fourth-order valence-electron chi connectivity index (χ4n) is 4.87. The molecule has 0 rings (SSSR count). The third-order valence-electron chi connectivity index (χ3n) is 7.36. The van der Waals surface area contributed by atoms with Crippen LogP contribution in [0.1, 0.15) is 187 Å². The Labute approximate surface area is 232 Å². The van der Waals surface area contributed by atoms with Crippen molar-refractivity contribution in [3.8, 4) is 0 Å². The molecule has 0 bridgehead atoms. The van der Waals surface area contributed by atoms with Gasteiger partial charge in [-0.1, -0.05) is 147 Å². The van der Waals surface area contributed by atoms with E-state index in [0.29, 0.717) is 12.8 Å². The molecule has 0 aliphatic carbocycles. The normalized spacial score (nSPS) is 11.7. The SMILES string of the molecule is CCCCCC=CCC=CCCCCCCCC(=O)CC(=O)CCCCCCCCCCCCCCC. The van der Waals surface area contributed by atoms with Crippen molar-refractivity contribution in [3.05, 3.63) is 24.3 Å². The minimum Gasteiger partial charge on any atom is -0.299 e. The molecule has 0 aromatic rings. The Kier molecular flexibility index (Phi) is 30.1. The van der Waals surface area contributed by atoms with Crippen molar-refractivity contribution in [1.82, 2.24) is 0 Å². The molecule has 0 heterocycles. The van der Waals surface area contributed by atoms with Gasteiger partial charge in [0.05, 0.1) is 6.42 Å². The molecule has 0 aromatic carbocycles. The number of Topliss-reactive ketones (excluding diaryl/α,β-unsaturated/α-hetero) is 2. The lowest BCUT2D eigenvalue weighted by Crippen LogP contribution is -2.07. The highest BCUT2D eigenvalue weighted by Crippen LogP contribution is 2.14. The first-order valence-corrected chi connectivity index (χ1v) is 16.5. The van der Waals surface area contributed by atoms with Gasteiger partial charge in [0.2, 0.25) is 0 Å². The first kappa shape index (κ1) is 35.8. The smallest absolute Gasteiger partial charge is 0.140 e. The third kappa shape index (κ3) is 30.9. The van der Waals surface area contributed by atoms with Gasteiger partial charge in [0.1, 0.15) is 11.6 Å². The molecule has 216 valence electrons. The number of hydrogen-bond donors (Lipinski definition) is 0. The van der Waals surface area contributed by atoms with Gasteiger partial charge in [0, 0.05) is 12.8 Å². The minimum absolute atomic E-state index is 0.158. The van der Waals surface area contributed by atoms with Gasteiger partial charge >= 0.3 is 0 Å². The second-order valence-corrected chi connectivity index (χ2v) is 11.2. The number of carbonyl (C=O) groups excluding carboxylic acids is 2. The van der Waals surface area contributed by atoms with Crippen molar-refractivity contribution in [2.45, 2.75) is 187 Å². The lowest BCUT2D eigenvalue weighted by Gasteiger charge is -2.04. The van der Waals surface area contributed by atoms with Crippen LogP contribution in [-0.2, 0) is 9.59 Å². The highest BCUT2D eigenvalue weighted by atomic mass is 16.1. The molecule has 37 heavy (non-hydrogen) atoms. The zero-order valence-corrected chi connectivity index (χ0v) is 25.2. The van der Waals surface area contributed by atoms with Crippen LogP contribution in [-0.4, -0.2) is 11.6 Å². The molecule has 0 spiro atoms.